The molecule has 0 aliphatic carbocycles. The number of hydrogen-bond donors (Lipinski definition) is 0. The summed E-state index contributed by atoms with van der Waals surface area (Å²) in [6.07, 6.45) is 3.70. The Morgan fingerprint density at radius 2 is 2.04 bits per heavy atom. The van der Waals surface area contributed by atoms with E-state index in [4.69, 9.17) is 4.74 Å². The number of ether oxygens (including phenoxy) is 1. The molecule has 0 spiro atoms. The number of amides is 1. The minimum Gasteiger partial charge on any atom is -0.496 e. The fourth-order valence-corrected chi connectivity index (χ4v) is 3.42. The summed E-state index contributed by atoms with van der Waals surface area (Å²) in [6, 6.07) is 13.6. The summed E-state index contributed by atoms with van der Waals surface area (Å²) < 4.78 is 5.36. The van der Waals surface area contributed by atoms with E-state index in [1.165, 1.54) is 0 Å². The van der Waals surface area contributed by atoms with Gasteiger partial charge in [0.05, 0.1) is 12.7 Å². The Bertz CT molecular complexity index is 831. The third kappa shape index (κ3) is 4.56. The predicted octanol–water partition coefficient (Wildman–Crippen LogP) is 2.63. The number of nitriles is 1. The average Bonchev–Trinajstić information content (AvgIpc) is 2.98. The van der Waals surface area contributed by atoms with Crippen LogP contribution in [0.5, 0.6) is 5.75 Å². The van der Waals surface area contributed by atoms with Crippen LogP contribution in [-0.4, -0.2) is 49.1 Å². The molecular formula is C21H24N4O2. The van der Waals surface area contributed by atoms with E-state index in [1.807, 2.05) is 29.2 Å². The molecule has 0 saturated carbocycles. The zero-order chi connectivity index (χ0) is 19.1. The quantitative estimate of drug-likeness (QED) is 0.816. The number of benzene rings is 1. The van der Waals surface area contributed by atoms with Crippen molar-refractivity contribution in [1.29, 1.82) is 5.26 Å². The Morgan fingerprint density at radius 3 is 2.85 bits per heavy atom. The Labute approximate surface area is 160 Å². The van der Waals surface area contributed by atoms with Gasteiger partial charge in [-0.1, -0.05) is 18.2 Å². The molecule has 0 unspecified atom stereocenters. The number of anilines is 1. The summed E-state index contributed by atoms with van der Waals surface area (Å²) in [5.74, 6) is 1.69. The lowest BCUT2D eigenvalue weighted by atomic mass is 10.1. The highest BCUT2D eigenvalue weighted by Crippen LogP contribution is 2.21. The molecule has 1 aliphatic heterocycles. The number of rotatable bonds is 5. The highest BCUT2D eigenvalue weighted by Gasteiger charge is 2.21. The summed E-state index contributed by atoms with van der Waals surface area (Å²) in [6.45, 7) is 2.86. The summed E-state index contributed by atoms with van der Waals surface area (Å²) in [5.41, 5.74) is 1.63. The smallest absolute Gasteiger partial charge is 0.222 e. The van der Waals surface area contributed by atoms with E-state index < -0.39 is 0 Å². The fourth-order valence-electron chi connectivity index (χ4n) is 3.42. The number of para-hydroxylation sites is 1. The van der Waals surface area contributed by atoms with Crippen molar-refractivity contribution in [3.8, 4) is 11.8 Å². The molecule has 6 nitrogen and oxygen atoms in total. The summed E-state index contributed by atoms with van der Waals surface area (Å²) >= 11 is 0. The maximum Gasteiger partial charge on any atom is 0.222 e. The Hall–Kier alpha value is -3.07. The fraction of sp³-hybridized carbons (Fsp3) is 0.381. The highest BCUT2D eigenvalue weighted by molar-refractivity contribution is 5.76. The first-order valence-corrected chi connectivity index (χ1v) is 9.22. The number of methoxy groups -OCH3 is 1. The van der Waals surface area contributed by atoms with Crippen molar-refractivity contribution in [1.82, 2.24) is 9.88 Å². The lowest BCUT2D eigenvalue weighted by molar-refractivity contribution is -0.130. The van der Waals surface area contributed by atoms with Crippen LogP contribution in [0.3, 0.4) is 0 Å². The van der Waals surface area contributed by atoms with Gasteiger partial charge in [-0.3, -0.25) is 4.79 Å². The standard InChI is InChI=1S/C21H24N4O2/c1-27-19-8-3-2-6-17(19)9-10-20(26)24-12-5-13-25(15-14-24)21-18(16-22)7-4-11-23-21/h2-4,6-8,11H,5,9-10,12-15H2,1H3. The molecule has 27 heavy (non-hydrogen) atoms. The van der Waals surface area contributed by atoms with Crippen molar-refractivity contribution in [2.75, 3.05) is 38.2 Å². The molecule has 2 heterocycles. The number of hydrogen-bond acceptors (Lipinski definition) is 5. The van der Waals surface area contributed by atoms with Crippen molar-refractivity contribution in [3.63, 3.8) is 0 Å². The molecule has 0 N–H and O–H groups in total. The van der Waals surface area contributed by atoms with Gasteiger partial charge >= 0.3 is 0 Å². The Kier molecular flexibility index (Phi) is 6.26. The first-order valence-electron chi connectivity index (χ1n) is 9.22. The molecule has 0 atom stereocenters. The molecule has 140 valence electrons. The second-order valence-corrected chi connectivity index (χ2v) is 6.52. The van der Waals surface area contributed by atoms with E-state index in [2.05, 4.69) is 16.0 Å². The maximum atomic E-state index is 12.7. The second-order valence-electron chi connectivity index (χ2n) is 6.52. The zero-order valence-electron chi connectivity index (χ0n) is 15.6. The van der Waals surface area contributed by atoms with Crippen LogP contribution in [0.2, 0.25) is 0 Å². The lowest BCUT2D eigenvalue weighted by Crippen LogP contribution is -2.35. The topological polar surface area (TPSA) is 69.5 Å². The Morgan fingerprint density at radius 1 is 1.19 bits per heavy atom. The largest absolute Gasteiger partial charge is 0.496 e. The van der Waals surface area contributed by atoms with Gasteiger partial charge in [-0.2, -0.15) is 5.26 Å². The van der Waals surface area contributed by atoms with Crippen LogP contribution in [0.1, 0.15) is 24.0 Å². The molecule has 1 aliphatic rings. The Balaban J connectivity index is 1.59. The van der Waals surface area contributed by atoms with Gasteiger partial charge in [-0.25, -0.2) is 4.98 Å². The molecule has 3 rings (SSSR count). The van der Waals surface area contributed by atoms with Crippen LogP contribution in [-0.2, 0) is 11.2 Å². The van der Waals surface area contributed by atoms with Crippen LogP contribution in [0.15, 0.2) is 42.6 Å². The lowest BCUT2D eigenvalue weighted by Gasteiger charge is -2.23. The van der Waals surface area contributed by atoms with Gasteiger partial charge in [0.2, 0.25) is 5.91 Å². The molecule has 0 radical (unpaired) electrons. The molecule has 1 amide bonds. The predicted molar refractivity (Wildman–Crippen MR) is 104 cm³/mol. The summed E-state index contributed by atoms with van der Waals surface area (Å²) in [4.78, 5) is 21.1. The zero-order valence-corrected chi connectivity index (χ0v) is 15.6. The third-order valence-electron chi connectivity index (χ3n) is 4.86. The molecule has 0 bridgehead atoms. The molecule has 2 aromatic rings. The normalized spacial score (nSPS) is 14.4. The van der Waals surface area contributed by atoms with E-state index in [-0.39, 0.29) is 5.91 Å². The molecular weight excluding hydrogens is 340 g/mol. The van der Waals surface area contributed by atoms with Crippen LogP contribution >= 0.6 is 0 Å². The van der Waals surface area contributed by atoms with Gasteiger partial charge in [0.1, 0.15) is 17.6 Å². The van der Waals surface area contributed by atoms with Gasteiger partial charge in [0.15, 0.2) is 0 Å². The molecule has 6 heteroatoms. The first-order chi connectivity index (χ1) is 13.2. The highest BCUT2D eigenvalue weighted by atomic mass is 16.5. The number of pyridine rings is 1. The van der Waals surface area contributed by atoms with Crippen LogP contribution in [0, 0.1) is 11.3 Å². The summed E-state index contributed by atoms with van der Waals surface area (Å²) in [7, 11) is 1.65. The number of nitrogens with zero attached hydrogens (tertiary/aromatic N) is 4. The van der Waals surface area contributed by atoms with E-state index in [0.717, 1.165) is 30.8 Å². The summed E-state index contributed by atoms with van der Waals surface area (Å²) in [5, 5.41) is 9.29. The number of aryl methyl sites for hydroxylation is 1. The molecule has 1 saturated heterocycles. The van der Waals surface area contributed by atoms with E-state index in [1.54, 1.807) is 25.4 Å². The van der Waals surface area contributed by atoms with Gasteiger partial charge in [-0.05, 0) is 36.6 Å². The second kappa shape index (κ2) is 9.04. The van der Waals surface area contributed by atoms with E-state index >= 15 is 0 Å². The van der Waals surface area contributed by atoms with Crippen LogP contribution in [0.25, 0.3) is 0 Å². The van der Waals surface area contributed by atoms with Crippen LogP contribution < -0.4 is 9.64 Å². The van der Waals surface area contributed by atoms with Gasteiger partial charge < -0.3 is 14.5 Å². The van der Waals surface area contributed by atoms with Crippen molar-refractivity contribution < 1.29 is 9.53 Å². The molecule has 1 fully saturated rings. The monoisotopic (exact) mass is 364 g/mol. The first kappa shape index (κ1) is 18.7. The number of carbonyl (C=O) groups is 1. The minimum atomic E-state index is 0.157. The van der Waals surface area contributed by atoms with E-state index in [0.29, 0.717) is 37.3 Å². The van der Waals surface area contributed by atoms with Crippen molar-refractivity contribution >= 4 is 11.7 Å². The van der Waals surface area contributed by atoms with Crippen molar-refractivity contribution in [3.05, 3.63) is 53.7 Å². The average molecular weight is 364 g/mol. The van der Waals surface area contributed by atoms with Gasteiger partial charge in [-0.15, -0.1) is 0 Å². The number of carbonyl (C=O) groups excluding carboxylic acids is 1. The van der Waals surface area contributed by atoms with Crippen LogP contribution in [0.4, 0.5) is 5.82 Å². The van der Waals surface area contributed by atoms with Crippen molar-refractivity contribution in [2.24, 2.45) is 0 Å². The van der Waals surface area contributed by atoms with Crippen molar-refractivity contribution in [2.45, 2.75) is 19.3 Å². The third-order valence-corrected chi connectivity index (χ3v) is 4.86. The SMILES string of the molecule is COc1ccccc1CCC(=O)N1CCCN(c2ncccc2C#N)CC1. The molecule has 1 aromatic carbocycles. The van der Waals surface area contributed by atoms with E-state index in [9.17, 15) is 10.1 Å². The minimum absolute atomic E-state index is 0.157. The maximum absolute atomic E-state index is 12.7. The van der Waals surface area contributed by atoms with Gasteiger partial charge in [0.25, 0.3) is 0 Å². The molecule has 1 aromatic heterocycles. The van der Waals surface area contributed by atoms with Gasteiger partial charge in [0, 0.05) is 38.8 Å². The number of aromatic nitrogens is 1.